The van der Waals surface area contributed by atoms with Gasteiger partial charge in [0.15, 0.2) is 6.29 Å². The molecule has 1 aliphatic rings. The summed E-state index contributed by atoms with van der Waals surface area (Å²) in [5.41, 5.74) is 0. The van der Waals surface area contributed by atoms with E-state index in [4.69, 9.17) is 23.5 Å². The highest BCUT2D eigenvalue weighted by Crippen LogP contribution is 2.26. The zero-order chi connectivity index (χ0) is 43.9. The molecule has 1 rings (SSSR count). The van der Waals surface area contributed by atoms with Gasteiger partial charge in [0.2, 0.25) is 0 Å². The van der Waals surface area contributed by atoms with Gasteiger partial charge in [0.25, 0.3) is 0 Å². The quantitative estimate of drug-likeness (QED) is 0.0259. The third-order valence-corrected chi connectivity index (χ3v) is 12.2. The van der Waals surface area contributed by atoms with Gasteiger partial charge in [0.1, 0.15) is 30.5 Å². The third kappa shape index (κ3) is 32.7. The normalized spacial score (nSPS) is 20.1. The van der Waals surface area contributed by atoms with Gasteiger partial charge in [0.05, 0.1) is 19.8 Å². The van der Waals surface area contributed by atoms with Crippen LogP contribution in [0.2, 0.25) is 0 Å². The Labute approximate surface area is 366 Å². The minimum Gasteiger partial charge on any atom is -0.457 e. The van der Waals surface area contributed by atoms with Crippen LogP contribution in [0, 0.1) is 0 Å². The van der Waals surface area contributed by atoms with Crippen molar-refractivity contribution in [3.63, 3.8) is 0 Å². The van der Waals surface area contributed by atoms with E-state index in [-0.39, 0.29) is 19.6 Å². The minimum absolute atomic E-state index is 0.0443. The molecule has 4 N–H and O–H groups in total. The van der Waals surface area contributed by atoms with E-state index in [2.05, 4.69) is 18.0 Å². The van der Waals surface area contributed by atoms with Crippen LogP contribution in [-0.2, 0) is 38.3 Å². The van der Waals surface area contributed by atoms with E-state index in [0.29, 0.717) is 13.0 Å². The molecule has 13 heteroatoms. The van der Waals surface area contributed by atoms with Crippen LogP contribution < -0.4 is 0 Å². The van der Waals surface area contributed by atoms with Crippen molar-refractivity contribution in [1.82, 2.24) is 0 Å². The van der Waals surface area contributed by atoms with Crippen LogP contribution in [0.15, 0.2) is 0 Å². The van der Waals surface area contributed by atoms with Crippen molar-refractivity contribution in [2.45, 2.75) is 269 Å². The number of hydrogen-bond donors (Lipinski definition) is 4. The molecule has 6 unspecified atom stereocenters. The predicted molar refractivity (Wildman–Crippen MR) is 239 cm³/mol. The first-order valence-corrected chi connectivity index (χ1v) is 26.2. The van der Waals surface area contributed by atoms with E-state index < -0.39 is 59.8 Å². The van der Waals surface area contributed by atoms with Crippen molar-refractivity contribution in [2.24, 2.45) is 0 Å². The third-order valence-electron chi connectivity index (χ3n) is 11.7. The number of hydrogen-bond acceptors (Lipinski definition) is 11. The van der Waals surface area contributed by atoms with Gasteiger partial charge in [-0.3, -0.25) is 9.35 Å². The summed E-state index contributed by atoms with van der Waals surface area (Å²) in [7, 11) is -5.05. The van der Waals surface area contributed by atoms with E-state index in [1.165, 1.54) is 167 Å². The lowest BCUT2D eigenvalue weighted by molar-refractivity contribution is -0.301. The number of esters is 1. The van der Waals surface area contributed by atoms with Gasteiger partial charge in [-0.25, -0.2) is 4.18 Å². The number of unbranched alkanes of at least 4 members (excludes halogenated alkanes) is 31. The Bertz CT molecular complexity index is 1060. The first-order chi connectivity index (χ1) is 29.1. The van der Waals surface area contributed by atoms with Gasteiger partial charge >= 0.3 is 16.4 Å². The molecule has 0 aliphatic carbocycles. The SMILES string of the molecule is CCCCCCCCCCCCCCCCCCCCCCCCCCOCC(COC1OC(CO)C(O)C(OS(=O)(=O)O)C1O)OC(=O)CCCCCCCCCCC. The second-order valence-corrected chi connectivity index (χ2v) is 18.5. The van der Waals surface area contributed by atoms with Crippen molar-refractivity contribution < 1.29 is 56.2 Å². The van der Waals surface area contributed by atoms with Crippen molar-refractivity contribution in [2.75, 3.05) is 26.4 Å². The molecule has 1 fully saturated rings. The lowest BCUT2D eigenvalue weighted by atomic mass is 9.99. The summed E-state index contributed by atoms with van der Waals surface area (Å²) in [6.07, 6.45) is 33.1. The van der Waals surface area contributed by atoms with Crippen molar-refractivity contribution in [3.8, 4) is 0 Å². The first-order valence-electron chi connectivity index (χ1n) is 24.8. The van der Waals surface area contributed by atoms with Crippen molar-refractivity contribution in [3.05, 3.63) is 0 Å². The molecular formula is C47H92O12S. The molecule has 0 amide bonds. The summed E-state index contributed by atoms with van der Waals surface area (Å²) in [6, 6.07) is 0. The fourth-order valence-corrected chi connectivity index (χ4v) is 8.48. The maximum Gasteiger partial charge on any atom is 0.397 e. The Hall–Kier alpha value is -0.900. The lowest BCUT2D eigenvalue weighted by Crippen LogP contribution is -2.60. The second kappa shape index (κ2) is 39.7. The molecule has 60 heavy (non-hydrogen) atoms. The van der Waals surface area contributed by atoms with Gasteiger partial charge in [-0.2, -0.15) is 8.42 Å². The number of carbonyl (C=O) groups excluding carboxylic acids is 1. The van der Waals surface area contributed by atoms with Crippen LogP contribution in [0.4, 0.5) is 0 Å². The van der Waals surface area contributed by atoms with E-state index >= 15 is 0 Å². The Balaban J connectivity index is 2.25. The first kappa shape index (κ1) is 57.1. The molecule has 6 atom stereocenters. The van der Waals surface area contributed by atoms with E-state index in [9.17, 15) is 28.5 Å². The average Bonchev–Trinajstić information content (AvgIpc) is 3.22. The fraction of sp³-hybridized carbons (Fsp3) is 0.979. The van der Waals surface area contributed by atoms with Crippen LogP contribution in [0.25, 0.3) is 0 Å². The Kier molecular flexibility index (Phi) is 37.8. The Morgan fingerprint density at radius 2 is 0.950 bits per heavy atom. The summed E-state index contributed by atoms with van der Waals surface area (Å²) in [5, 5.41) is 30.6. The number of carbonyl (C=O) groups is 1. The summed E-state index contributed by atoms with van der Waals surface area (Å²) >= 11 is 0. The maximum absolute atomic E-state index is 12.8. The number of rotatable bonds is 44. The molecule has 1 heterocycles. The van der Waals surface area contributed by atoms with E-state index in [0.717, 1.165) is 38.5 Å². The summed E-state index contributed by atoms with van der Waals surface area (Å²) in [6.45, 7) is 4.01. The van der Waals surface area contributed by atoms with Crippen LogP contribution >= 0.6 is 0 Å². The molecule has 0 spiro atoms. The largest absolute Gasteiger partial charge is 0.457 e. The molecule has 12 nitrogen and oxygen atoms in total. The highest BCUT2D eigenvalue weighted by atomic mass is 32.3. The number of aliphatic hydroxyl groups excluding tert-OH is 3. The Morgan fingerprint density at radius 1 is 0.567 bits per heavy atom. The van der Waals surface area contributed by atoms with Gasteiger partial charge in [-0.1, -0.05) is 213 Å². The molecule has 0 aromatic carbocycles. The molecule has 0 bridgehead atoms. The molecule has 358 valence electrons. The molecule has 0 radical (unpaired) electrons. The number of aliphatic hydroxyl groups is 3. The van der Waals surface area contributed by atoms with Gasteiger partial charge in [0, 0.05) is 13.0 Å². The maximum atomic E-state index is 12.8. The molecule has 0 saturated carbocycles. The Morgan fingerprint density at radius 3 is 1.33 bits per heavy atom. The van der Waals surface area contributed by atoms with E-state index in [1.54, 1.807) is 0 Å². The fourth-order valence-electron chi connectivity index (χ4n) is 7.97. The summed E-state index contributed by atoms with van der Waals surface area (Å²) in [5.74, 6) is -0.397. The average molecular weight is 881 g/mol. The van der Waals surface area contributed by atoms with Gasteiger partial charge in [-0.05, 0) is 12.8 Å². The minimum atomic E-state index is -5.05. The van der Waals surface area contributed by atoms with Crippen LogP contribution in [0.3, 0.4) is 0 Å². The van der Waals surface area contributed by atoms with Crippen molar-refractivity contribution in [1.29, 1.82) is 0 Å². The highest BCUT2D eigenvalue weighted by Gasteiger charge is 2.48. The topological polar surface area (TPSA) is 178 Å². The monoisotopic (exact) mass is 881 g/mol. The zero-order valence-electron chi connectivity index (χ0n) is 38.3. The smallest absolute Gasteiger partial charge is 0.397 e. The summed E-state index contributed by atoms with van der Waals surface area (Å²) < 4.78 is 59.0. The van der Waals surface area contributed by atoms with Crippen molar-refractivity contribution >= 4 is 16.4 Å². The molecule has 1 aliphatic heterocycles. The highest BCUT2D eigenvalue weighted by molar-refractivity contribution is 7.80. The van der Waals surface area contributed by atoms with Crippen LogP contribution in [0.5, 0.6) is 0 Å². The molecular weight excluding hydrogens is 789 g/mol. The van der Waals surface area contributed by atoms with E-state index in [1.807, 2.05) is 0 Å². The number of ether oxygens (including phenoxy) is 4. The summed E-state index contributed by atoms with van der Waals surface area (Å²) in [4.78, 5) is 12.8. The molecule has 0 aromatic heterocycles. The molecule has 1 saturated heterocycles. The van der Waals surface area contributed by atoms with Crippen LogP contribution in [-0.4, -0.2) is 97.5 Å². The van der Waals surface area contributed by atoms with Gasteiger partial charge in [-0.15, -0.1) is 0 Å². The second-order valence-electron chi connectivity index (χ2n) is 17.4. The molecule has 0 aromatic rings. The standard InChI is InChI=1S/C47H92O12S/c1-3-5-7-9-11-13-14-15-16-17-18-19-20-21-22-23-24-25-26-27-29-31-33-35-37-55-39-41(57-43(49)36-34-32-30-28-12-10-8-6-4-2)40-56-47-45(51)46(59-60(52,53)54)44(50)42(38-48)58-47/h41-42,44-48,50-51H,3-40H2,1-2H3,(H,52,53,54). The zero-order valence-corrected chi connectivity index (χ0v) is 39.1. The van der Waals surface area contributed by atoms with Gasteiger partial charge < -0.3 is 34.3 Å². The van der Waals surface area contributed by atoms with Crippen LogP contribution in [0.1, 0.15) is 232 Å². The lowest BCUT2D eigenvalue weighted by Gasteiger charge is -2.41. The predicted octanol–water partition coefficient (Wildman–Crippen LogP) is 10.9.